The molecule has 0 bridgehead atoms. The van der Waals surface area contributed by atoms with Crippen molar-refractivity contribution >= 4 is 19.4 Å². The van der Waals surface area contributed by atoms with E-state index < -0.39 is 37.2 Å². The monoisotopic (exact) mass is 419 g/mol. The predicted octanol–water partition coefficient (Wildman–Crippen LogP) is 0.714. The van der Waals surface area contributed by atoms with Gasteiger partial charge in [-0.1, -0.05) is 12.8 Å². The molecule has 2 fully saturated rings. The normalized spacial score (nSPS) is 28.5. The molecule has 1 aliphatic carbocycles. The number of aliphatic hydroxyl groups is 1. The summed E-state index contributed by atoms with van der Waals surface area (Å²) in [4.78, 5) is 25.5. The van der Waals surface area contributed by atoms with Crippen LogP contribution in [0.15, 0.2) is 11.0 Å². The van der Waals surface area contributed by atoms with E-state index in [-0.39, 0.29) is 13.0 Å². The lowest BCUT2D eigenvalue weighted by Gasteiger charge is -2.25. The van der Waals surface area contributed by atoms with Gasteiger partial charge in [0.2, 0.25) is 0 Å². The third-order valence-corrected chi connectivity index (χ3v) is 6.54. The fourth-order valence-electron chi connectivity index (χ4n) is 3.38. The number of hydrogen-bond donors (Lipinski definition) is 2. The van der Waals surface area contributed by atoms with E-state index >= 15 is 0 Å². The molecule has 1 saturated heterocycles. The number of nitrogens with zero attached hydrogens (tertiary/aromatic N) is 2. The minimum atomic E-state index is -3.42. The molecular weight excluding hydrogens is 395 g/mol. The summed E-state index contributed by atoms with van der Waals surface area (Å²) in [6.07, 6.45) is 3.46. The Kier molecular flexibility index (Phi) is 6.79. The fourth-order valence-corrected chi connectivity index (χ4v) is 4.55. The number of ether oxygens (including phenoxy) is 1. The van der Waals surface area contributed by atoms with Crippen LogP contribution < -0.4 is 10.8 Å². The summed E-state index contributed by atoms with van der Waals surface area (Å²) in [6, 6.07) is 0. The van der Waals surface area contributed by atoms with Crippen LogP contribution in [-0.4, -0.2) is 45.0 Å². The maximum atomic E-state index is 11.9. The second-order valence-electron chi connectivity index (χ2n) is 7.06. The van der Waals surface area contributed by atoms with Gasteiger partial charge in [-0.25, -0.2) is 14.7 Å². The van der Waals surface area contributed by atoms with Gasteiger partial charge in [-0.05, 0) is 37.1 Å². The Hall–Kier alpha value is -0.740. The van der Waals surface area contributed by atoms with Gasteiger partial charge < -0.3 is 27.2 Å². The molecule has 1 aromatic heterocycles. The molecule has 2 heterocycles. The first kappa shape index (κ1) is 21.0. The molecule has 1 aliphatic heterocycles. The van der Waals surface area contributed by atoms with Crippen molar-refractivity contribution in [3.8, 4) is 5.88 Å². The van der Waals surface area contributed by atoms with Crippen LogP contribution in [0.25, 0.3) is 0 Å². The van der Waals surface area contributed by atoms with Crippen molar-refractivity contribution in [1.82, 2.24) is 9.55 Å². The molecule has 2 aliphatic rings. The third-order valence-electron chi connectivity index (χ3n) is 4.95. The Morgan fingerprint density at radius 2 is 2.07 bits per heavy atom. The molecule has 1 saturated carbocycles. The predicted molar refractivity (Wildman–Crippen MR) is 97.6 cm³/mol. The van der Waals surface area contributed by atoms with Crippen molar-refractivity contribution in [3.63, 3.8) is 0 Å². The molecule has 1 unspecified atom stereocenters. The summed E-state index contributed by atoms with van der Waals surface area (Å²) in [5.74, 6) is -0.192. The molecule has 4 atom stereocenters. The molecule has 0 radical (unpaired) electrons. The van der Waals surface area contributed by atoms with Crippen LogP contribution in [0.4, 0.5) is 0 Å². The SMILES string of the molecule is Cc1cn([C@H]2C[C@H](O)[C@@H](CO[P+](O)([S-])OCC3CCCC3)O2)c(=O)nc1[O-]. The minimum Gasteiger partial charge on any atom is -0.858 e. The first-order valence-corrected chi connectivity index (χ1v) is 11.6. The van der Waals surface area contributed by atoms with Crippen molar-refractivity contribution < 1.29 is 28.9 Å². The van der Waals surface area contributed by atoms with E-state index in [9.17, 15) is 19.9 Å². The minimum absolute atomic E-state index is 0.129. The number of rotatable bonds is 7. The van der Waals surface area contributed by atoms with Gasteiger partial charge in [-0.3, -0.25) is 4.57 Å². The van der Waals surface area contributed by atoms with Crippen LogP contribution in [-0.2, 0) is 26.0 Å². The molecule has 0 aromatic carbocycles. The highest BCUT2D eigenvalue weighted by Crippen LogP contribution is 2.55. The number of aromatic nitrogens is 2. The van der Waals surface area contributed by atoms with Gasteiger partial charge in [-0.15, -0.1) is 0 Å². The summed E-state index contributed by atoms with van der Waals surface area (Å²) in [6.45, 7) is 1.75. The lowest BCUT2D eigenvalue weighted by atomic mass is 10.1. The number of aliphatic hydroxyl groups excluding tert-OH is 1. The van der Waals surface area contributed by atoms with Gasteiger partial charge in [0, 0.05) is 12.6 Å². The van der Waals surface area contributed by atoms with Crippen molar-refractivity contribution in [2.75, 3.05) is 13.2 Å². The highest BCUT2D eigenvalue weighted by atomic mass is 32.7. The molecule has 2 N–H and O–H groups in total. The van der Waals surface area contributed by atoms with Crippen LogP contribution in [0.1, 0.15) is 43.9 Å². The largest absolute Gasteiger partial charge is 0.858 e. The fraction of sp³-hybridized carbons (Fsp3) is 0.750. The van der Waals surface area contributed by atoms with Gasteiger partial charge >= 0.3 is 5.69 Å². The quantitative estimate of drug-likeness (QED) is 0.485. The van der Waals surface area contributed by atoms with Crippen LogP contribution in [0.2, 0.25) is 0 Å². The van der Waals surface area contributed by atoms with E-state index in [4.69, 9.17) is 26.0 Å². The van der Waals surface area contributed by atoms with Crippen LogP contribution in [0, 0.1) is 12.8 Å². The smallest absolute Gasteiger partial charge is 0.349 e. The van der Waals surface area contributed by atoms with E-state index in [0.717, 1.165) is 25.7 Å². The zero-order valence-electron chi connectivity index (χ0n) is 15.0. The maximum Gasteiger partial charge on any atom is 0.349 e. The Labute approximate surface area is 163 Å². The zero-order valence-corrected chi connectivity index (χ0v) is 16.7. The lowest BCUT2D eigenvalue weighted by Crippen LogP contribution is -2.29. The second kappa shape index (κ2) is 8.73. The summed E-state index contributed by atoms with van der Waals surface area (Å²) >= 11 is 5.01. The molecule has 27 heavy (non-hydrogen) atoms. The average molecular weight is 419 g/mol. The van der Waals surface area contributed by atoms with E-state index in [1.165, 1.54) is 10.8 Å². The molecule has 152 valence electrons. The highest BCUT2D eigenvalue weighted by Gasteiger charge is 2.38. The molecule has 1 aromatic rings. The number of hydrogen-bond acceptors (Lipinski definition) is 9. The molecule has 3 rings (SSSR count). The molecule has 9 nitrogen and oxygen atoms in total. The Morgan fingerprint density at radius 1 is 1.41 bits per heavy atom. The van der Waals surface area contributed by atoms with Gasteiger partial charge in [0.15, 0.2) is 0 Å². The van der Waals surface area contributed by atoms with Crippen LogP contribution in [0.3, 0.4) is 0 Å². The highest BCUT2D eigenvalue weighted by molar-refractivity contribution is 8.35. The summed E-state index contributed by atoms with van der Waals surface area (Å²) in [5.41, 5.74) is -0.435. The first-order chi connectivity index (χ1) is 12.7. The lowest BCUT2D eigenvalue weighted by molar-refractivity contribution is -0.276. The Bertz CT molecular complexity index is 710. The van der Waals surface area contributed by atoms with Crippen LogP contribution in [0.5, 0.6) is 5.88 Å². The van der Waals surface area contributed by atoms with E-state index in [1.807, 2.05) is 0 Å². The van der Waals surface area contributed by atoms with Crippen LogP contribution >= 0.6 is 7.15 Å². The number of aryl methyl sites for hydroxylation is 1. The maximum absolute atomic E-state index is 11.9. The molecule has 0 amide bonds. The third kappa shape index (κ3) is 5.41. The van der Waals surface area contributed by atoms with Gasteiger partial charge in [0.05, 0.1) is 12.7 Å². The topological polar surface area (TPSA) is 126 Å². The van der Waals surface area contributed by atoms with E-state index in [0.29, 0.717) is 18.1 Å². The van der Waals surface area contributed by atoms with Gasteiger partial charge in [-0.2, -0.15) is 9.05 Å². The second-order valence-corrected chi connectivity index (χ2v) is 9.90. The Morgan fingerprint density at radius 3 is 2.78 bits per heavy atom. The summed E-state index contributed by atoms with van der Waals surface area (Å²) in [5, 5.41) is 21.6. The van der Waals surface area contributed by atoms with E-state index in [2.05, 4.69) is 4.98 Å². The molecule has 0 spiro atoms. The van der Waals surface area contributed by atoms with Crippen molar-refractivity contribution in [1.29, 1.82) is 0 Å². The summed E-state index contributed by atoms with van der Waals surface area (Å²) < 4.78 is 17.5. The average Bonchev–Trinajstić information content (AvgIpc) is 3.24. The van der Waals surface area contributed by atoms with Crippen molar-refractivity contribution in [2.24, 2.45) is 5.92 Å². The van der Waals surface area contributed by atoms with Gasteiger partial charge in [0.1, 0.15) is 18.9 Å². The molecule has 11 heteroatoms. The van der Waals surface area contributed by atoms with Crippen molar-refractivity contribution in [3.05, 3.63) is 22.2 Å². The molecular formula is C16H24N2O7PS-. The standard InChI is InChI=1S/C16H25N2O7PS/c1-10-7-18(16(21)17-15(10)20)14-6-12(19)13(25-14)9-24-26(22,27)23-8-11-4-2-3-5-11/h7,11-14,19H,2-6,8-9H2,1H3,(H,22,27)(H,17,20,21)/p-1/t12-,13+,14+,26?/m0/s1. The first-order valence-electron chi connectivity index (χ1n) is 8.97. The Balaban J connectivity index is 1.54. The van der Waals surface area contributed by atoms with Crippen molar-refractivity contribution in [2.45, 2.75) is 57.5 Å². The zero-order chi connectivity index (χ0) is 19.6. The van der Waals surface area contributed by atoms with E-state index in [1.54, 1.807) is 6.92 Å². The summed E-state index contributed by atoms with van der Waals surface area (Å²) in [7, 11) is -3.42. The van der Waals surface area contributed by atoms with Gasteiger partial charge in [0.25, 0.3) is 7.15 Å².